The van der Waals surface area contributed by atoms with Crippen LogP contribution in [-0.2, 0) is 6.18 Å². The van der Waals surface area contributed by atoms with Gasteiger partial charge >= 0.3 is 6.18 Å². The van der Waals surface area contributed by atoms with E-state index in [0.29, 0.717) is 12.1 Å². The first kappa shape index (κ1) is 11.8. The number of hydrogen-bond acceptors (Lipinski definition) is 1. The maximum Gasteiger partial charge on any atom is 0.416 e. The van der Waals surface area contributed by atoms with Crippen LogP contribution in [0.3, 0.4) is 0 Å². The first-order valence-corrected chi connectivity index (χ1v) is 4.52. The molecule has 0 fully saturated rings. The second-order valence-corrected chi connectivity index (χ2v) is 3.08. The highest BCUT2D eigenvalue weighted by Gasteiger charge is 2.30. The summed E-state index contributed by atoms with van der Waals surface area (Å²) < 4.78 is 37.0. The third kappa shape index (κ3) is 3.75. The summed E-state index contributed by atoms with van der Waals surface area (Å²) >= 11 is 0. The molecule has 1 rings (SSSR count). The highest BCUT2D eigenvalue weighted by molar-refractivity contribution is 5.50. The largest absolute Gasteiger partial charge is 0.416 e. The molecule has 0 aromatic heterocycles. The fourth-order valence-corrected chi connectivity index (χ4v) is 1.13. The van der Waals surface area contributed by atoms with E-state index in [-0.39, 0.29) is 0 Å². The summed E-state index contributed by atoms with van der Waals surface area (Å²) in [6, 6.07) is 5.24. The Kier molecular flexibility index (Phi) is 3.91. The molecule has 0 aliphatic carbocycles. The van der Waals surface area contributed by atoms with Crippen molar-refractivity contribution in [2.24, 2.45) is 0 Å². The van der Waals surface area contributed by atoms with Gasteiger partial charge in [0.2, 0.25) is 0 Å². The normalized spacial score (nSPS) is 12.3. The summed E-state index contributed by atoms with van der Waals surface area (Å²) in [5.41, 5.74) is -0.0609. The summed E-state index contributed by atoms with van der Waals surface area (Å²) in [5, 5.41) is 2.87. The van der Waals surface area contributed by atoms with Crippen LogP contribution in [0, 0.1) is 0 Å². The quantitative estimate of drug-likeness (QED) is 0.817. The van der Waals surface area contributed by atoms with Gasteiger partial charge in [0, 0.05) is 6.54 Å². The highest BCUT2D eigenvalue weighted by Crippen LogP contribution is 2.29. The van der Waals surface area contributed by atoms with Gasteiger partial charge in [-0.05, 0) is 24.7 Å². The minimum Gasteiger partial charge on any atom is -0.316 e. The third-order valence-corrected chi connectivity index (χ3v) is 1.85. The molecule has 0 spiro atoms. The Bertz CT molecular complexity index is 342. The number of benzene rings is 1. The second kappa shape index (κ2) is 4.98. The first-order valence-electron chi connectivity index (χ1n) is 4.52. The number of nitrogens with one attached hydrogen (secondary N) is 1. The van der Waals surface area contributed by atoms with E-state index in [1.165, 1.54) is 6.07 Å². The number of likely N-dealkylation sites (N-methyl/N-ethyl adjacent to an activating group) is 1. The summed E-state index contributed by atoms with van der Waals surface area (Å²) in [7, 11) is 1.77. The van der Waals surface area contributed by atoms with Crippen molar-refractivity contribution in [3.63, 3.8) is 0 Å². The lowest BCUT2D eigenvalue weighted by molar-refractivity contribution is -0.137. The predicted octanol–water partition coefficient (Wildman–Crippen LogP) is 2.94. The van der Waals surface area contributed by atoms with Crippen LogP contribution in [-0.4, -0.2) is 13.6 Å². The van der Waals surface area contributed by atoms with Crippen LogP contribution in [0.15, 0.2) is 30.3 Å². The zero-order valence-corrected chi connectivity index (χ0v) is 8.31. The monoisotopic (exact) mass is 215 g/mol. The highest BCUT2D eigenvalue weighted by atomic mass is 19.4. The Balaban J connectivity index is 2.84. The Hall–Kier alpha value is -1.29. The minimum absolute atomic E-state index is 0.556. The van der Waals surface area contributed by atoms with E-state index >= 15 is 0 Å². The standard InChI is InChI=1S/C11H12F3N/c1-15-7-3-5-9-4-2-6-10(8-9)11(12,13)14/h2-6,8,15H,7H2,1H3/b5-3+. The van der Waals surface area contributed by atoms with Crippen molar-refractivity contribution in [1.82, 2.24) is 5.32 Å². The lowest BCUT2D eigenvalue weighted by Gasteiger charge is -2.06. The van der Waals surface area contributed by atoms with Gasteiger partial charge < -0.3 is 5.32 Å². The summed E-state index contributed by atoms with van der Waals surface area (Å²) in [5.74, 6) is 0. The molecule has 0 amide bonds. The first-order chi connectivity index (χ1) is 7.04. The predicted molar refractivity (Wildman–Crippen MR) is 54.4 cm³/mol. The maximum atomic E-state index is 12.3. The molecule has 0 radical (unpaired) electrons. The summed E-state index contributed by atoms with van der Waals surface area (Å²) in [6.45, 7) is 0.635. The molecule has 0 bridgehead atoms. The Labute approximate surface area is 86.6 Å². The van der Waals surface area contributed by atoms with E-state index in [1.54, 1.807) is 25.3 Å². The lowest BCUT2D eigenvalue weighted by Crippen LogP contribution is -2.05. The molecule has 4 heteroatoms. The molecule has 0 heterocycles. The summed E-state index contributed by atoms with van der Waals surface area (Å²) in [6.07, 6.45) is -0.839. The topological polar surface area (TPSA) is 12.0 Å². The zero-order chi connectivity index (χ0) is 11.3. The molecule has 1 aromatic carbocycles. The van der Waals surface area contributed by atoms with Crippen LogP contribution in [0.2, 0.25) is 0 Å². The Morgan fingerprint density at radius 3 is 2.67 bits per heavy atom. The van der Waals surface area contributed by atoms with Crippen molar-refractivity contribution in [2.75, 3.05) is 13.6 Å². The molecule has 15 heavy (non-hydrogen) atoms. The van der Waals surface area contributed by atoms with Crippen LogP contribution >= 0.6 is 0 Å². The average molecular weight is 215 g/mol. The molecule has 1 N–H and O–H groups in total. The van der Waals surface area contributed by atoms with Gasteiger partial charge in [-0.25, -0.2) is 0 Å². The fraction of sp³-hybridized carbons (Fsp3) is 0.273. The molecule has 0 unspecified atom stereocenters. The third-order valence-electron chi connectivity index (χ3n) is 1.85. The summed E-state index contributed by atoms with van der Waals surface area (Å²) in [4.78, 5) is 0. The van der Waals surface area contributed by atoms with E-state index < -0.39 is 11.7 Å². The number of alkyl halides is 3. The average Bonchev–Trinajstić information content (AvgIpc) is 2.17. The molecule has 0 saturated heterocycles. The van der Waals surface area contributed by atoms with E-state index in [2.05, 4.69) is 5.32 Å². The maximum absolute atomic E-state index is 12.3. The van der Waals surface area contributed by atoms with Crippen molar-refractivity contribution >= 4 is 6.08 Å². The van der Waals surface area contributed by atoms with E-state index in [9.17, 15) is 13.2 Å². The fourth-order valence-electron chi connectivity index (χ4n) is 1.13. The van der Waals surface area contributed by atoms with E-state index in [1.807, 2.05) is 0 Å². The molecular weight excluding hydrogens is 203 g/mol. The Morgan fingerprint density at radius 1 is 1.33 bits per heavy atom. The molecule has 0 aliphatic heterocycles. The Morgan fingerprint density at radius 2 is 2.07 bits per heavy atom. The molecule has 0 aliphatic rings. The molecule has 1 aromatic rings. The SMILES string of the molecule is CNC/C=C/c1cccc(C(F)(F)F)c1. The second-order valence-electron chi connectivity index (χ2n) is 3.08. The van der Waals surface area contributed by atoms with Crippen molar-refractivity contribution in [3.8, 4) is 0 Å². The van der Waals surface area contributed by atoms with Crippen LogP contribution < -0.4 is 5.32 Å². The van der Waals surface area contributed by atoms with Crippen molar-refractivity contribution < 1.29 is 13.2 Å². The van der Waals surface area contributed by atoms with Gasteiger partial charge in [-0.3, -0.25) is 0 Å². The molecular formula is C11H12F3N. The minimum atomic E-state index is -4.27. The van der Waals surface area contributed by atoms with Crippen LogP contribution in [0.5, 0.6) is 0 Å². The van der Waals surface area contributed by atoms with Gasteiger partial charge in [0.05, 0.1) is 5.56 Å². The zero-order valence-electron chi connectivity index (χ0n) is 8.31. The van der Waals surface area contributed by atoms with Gasteiger partial charge in [-0.15, -0.1) is 0 Å². The molecule has 0 saturated carbocycles. The van der Waals surface area contributed by atoms with Gasteiger partial charge in [-0.1, -0.05) is 24.3 Å². The number of halogens is 3. The van der Waals surface area contributed by atoms with E-state index in [4.69, 9.17) is 0 Å². The van der Waals surface area contributed by atoms with Gasteiger partial charge in [-0.2, -0.15) is 13.2 Å². The van der Waals surface area contributed by atoms with E-state index in [0.717, 1.165) is 12.1 Å². The van der Waals surface area contributed by atoms with Crippen LogP contribution in [0.4, 0.5) is 13.2 Å². The van der Waals surface area contributed by atoms with Crippen LogP contribution in [0.1, 0.15) is 11.1 Å². The lowest BCUT2D eigenvalue weighted by atomic mass is 10.1. The molecule has 0 atom stereocenters. The van der Waals surface area contributed by atoms with Crippen LogP contribution in [0.25, 0.3) is 6.08 Å². The number of rotatable bonds is 3. The van der Waals surface area contributed by atoms with Gasteiger partial charge in [0.25, 0.3) is 0 Å². The number of hydrogen-bond donors (Lipinski definition) is 1. The van der Waals surface area contributed by atoms with Gasteiger partial charge in [0.15, 0.2) is 0 Å². The van der Waals surface area contributed by atoms with Crippen molar-refractivity contribution in [2.45, 2.75) is 6.18 Å². The molecule has 82 valence electrons. The molecule has 1 nitrogen and oxygen atoms in total. The van der Waals surface area contributed by atoms with Crippen molar-refractivity contribution in [1.29, 1.82) is 0 Å². The smallest absolute Gasteiger partial charge is 0.316 e. The van der Waals surface area contributed by atoms with Crippen molar-refractivity contribution in [3.05, 3.63) is 41.5 Å². The van der Waals surface area contributed by atoms with Gasteiger partial charge in [0.1, 0.15) is 0 Å².